The lowest BCUT2D eigenvalue weighted by atomic mass is 10.1. The van der Waals surface area contributed by atoms with Gasteiger partial charge in [0.15, 0.2) is 0 Å². The predicted octanol–water partition coefficient (Wildman–Crippen LogP) is 2.22. The van der Waals surface area contributed by atoms with E-state index in [0.717, 1.165) is 0 Å². The van der Waals surface area contributed by atoms with E-state index >= 15 is 0 Å². The smallest absolute Gasteiger partial charge is 0.373 e. The molecule has 5 nitrogen and oxygen atoms in total. The average Bonchev–Trinajstić information content (AvgIpc) is 2.86. The third kappa shape index (κ3) is 5.04. The van der Waals surface area contributed by atoms with Crippen molar-refractivity contribution in [2.75, 3.05) is 20.3 Å². The lowest BCUT2D eigenvalue weighted by Gasteiger charge is -2.21. The lowest BCUT2D eigenvalue weighted by Crippen LogP contribution is -2.37. The molecule has 1 N–H and O–H groups in total. The van der Waals surface area contributed by atoms with Gasteiger partial charge in [0.05, 0.1) is 20.3 Å². The Morgan fingerprint density at radius 3 is 2.74 bits per heavy atom. The fourth-order valence-corrected chi connectivity index (χ4v) is 1.65. The van der Waals surface area contributed by atoms with Crippen LogP contribution in [0.5, 0.6) is 0 Å². The second-order valence-electron chi connectivity index (χ2n) is 4.65. The summed E-state index contributed by atoms with van der Waals surface area (Å²) in [5, 5.41) is 3.37. The molecule has 1 unspecified atom stereocenters. The largest absolute Gasteiger partial charge is 0.463 e. The molecule has 0 aliphatic rings. The van der Waals surface area contributed by atoms with Gasteiger partial charge in [0.25, 0.3) is 0 Å². The summed E-state index contributed by atoms with van der Waals surface area (Å²) in [5.41, 5.74) is 0. The van der Waals surface area contributed by atoms with Gasteiger partial charge in [-0.05, 0) is 25.0 Å². The van der Waals surface area contributed by atoms with E-state index in [1.807, 2.05) is 6.92 Å². The first-order chi connectivity index (χ1) is 9.08. The number of furan rings is 1. The molecule has 0 radical (unpaired) electrons. The zero-order chi connectivity index (χ0) is 14.3. The third-order valence-corrected chi connectivity index (χ3v) is 2.89. The standard InChI is InChI=1S/C14H23NO4/c1-5-18-9-12(10(2)3)15-8-11-6-7-13(19-11)14(16)17-4/h6-7,10,12,15H,5,8-9H2,1-4H3. The molecule has 0 fully saturated rings. The van der Waals surface area contributed by atoms with Crippen LogP contribution in [-0.4, -0.2) is 32.3 Å². The van der Waals surface area contributed by atoms with Crippen molar-refractivity contribution in [3.05, 3.63) is 23.7 Å². The Morgan fingerprint density at radius 2 is 2.16 bits per heavy atom. The number of methoxy groups -OCH3 is 1. The summed E-state index contributed by atoms with van der Waals surface area (Å²) >= 11 is 0. The Kier molecular flexibility index (Phi) is 6.59. The van der Waals surface area contributed by atoms with Gasteiger partial charge in [-0.2, -0.15) is 0 Å². The van der Waals surface area contributed by atoms with Gasteiger partial charge < -0.3 is 19.2 Å². The van der Waals surface area contributed by atoms with E-state index in [0.29, 0.717) is 31.4 Å². The van der Waals surface area contributed by atoms with Crippen LogP contribution in [0.2, 0.25) is 0 Å². The molecule has 1 heterocycles. The van der Waals surface area contributed by atoms with E-state index in [2.05, 4.69) is 23.9 Å². The Hall–Kier alpha value is -1.33. The van der Waals surface area contributed by atoms with E-state index in [9.17, 15) is 4.79 Å². The molecule has 0 saturated heterocycles. The van der Waals surface area contributed by atoms with Crippen molar-refractivity contribution >= 4 is 5.97 Å². The van der Waals surface area contributed by atoms with Crippen molar-refractivity contribution in [1.82, 2.24) is 5.32 Å². The predicted molar refractivity (Wildman–Crippen MR) is 72.0 cm³/mol. The first kappa shape index (κ1) is 15.7. The summed E-state index contributed by atoms with van der Waals surface area (Å²) < 4.78 is 15.4. The number of carbonyl (C=O) groups is 1. The van der Waals surface area contributed by atoms with Gasteiger partial charge in [0.2, 0.25) is 5.76 Å². The van der Waals surface area contributed by atoms with Gasteiger partial charge in [-0.25, -0.2) is 4.79 Å². The highest BCUT2D eigenvalue weighted by molar-refractivity contribution is 5.86. The molecular weight excluding hydrogens is 246 g/mol. The SMILES string of the molecule is CCOCC(NCc1ccc(C(=O)OC)o1)C(C)C. The highest BCUT2D eigenvalue weighted by atomic mass is 16.5. The Balaban J connectivity index is 2.49. The Morgan fingerprint density at radius 1 is 1.42 bits per heavy atom. The van der Waals surface area contributed by atoms with Crippen LogP contribution in [0.3, 0.4) is 0 Å². The first-order valence-corrected chi connectivity index (χ1v) is 6.56. The fraction of sp³-hybridized carbons (Fsp3) is 0.643. The van der Waals surface area contributed by atoms with E-state index < -0.39 is 5.97 Å². The fourth-order valence-electron chi connectivity index (χ4n) is 1.65. The van der Waals surface area contributed by atoms with E-state index in [1.54, 1.807) is 12.1 Å². The van der Waals surface area contributed by atoms with Gasteiger partial charge in [-0.15, -0.1) is 0 Å². The number of esters is 1. The Bertz CT molecular complexity index is 387. The second-order valence-corrected chi connectivity index (χ2v) is 4.65. The minimum absolute atomic E-state index is 0.227. The molecule has 1 aromatic heterocycles. The molecule has 5 heteroatoms. The zero-order valence-electron chi connectivity index (χ0n) is 12.1. The van der Waals surface area contributed by atoms with Gasteiger partial charge in [-0.3, -0.25) is 0 Å². The molecular formula is C14H23NO4. The van der Waals surface area contributed by atoms with Crippen LogP contribution in [0.4, 0.5) is 0 Å². The van der Waals surface area contributed by atoms with E-state index in [1.165, 1.54) is 7.11 Å². The molecule has 1 aromatic rings. The monoisotopic (exact) mass is 269 g/mol. The maximum atomic E-state index is 11.3. The molecule has 1 atom stereocenters. The molecule has 0 aliphatic heterocycles. The van der Waals surface area contributed by atoms with Crippen molar-refractivity contribution in [3.63, 3.8) is 0 Å². The first-order valence-electron chi connectivity index (χ1n) is 6.56. The van der Waals surface area contributed by atoms with Crippen molar-refractivity contribution in [1.29, 1.82) is 0 Å². The molecule has 0 aromatic carbocycles. The number of carbonyl (C=O) groups excluding carboxylic acids is 1. The Labute approximate surface area is 114 Å². The summed E-state index contributed by atoms with van der Waals surface area (Å²) in [6.07, 6.45) is 0. The van der Waals surface area contributed by atoms with E-state index in [-0.39, 0.29) is 11.8 Å². The van der Waals surface area contributed by atoms with E-state index in [4.69, 9.17) is 9.15 Å². The summed E-state index contributed by atoms with van der Waals surface area (Å²) in [6, 6.07) is 3.65. The summed E-state index contributed by atoms with van der Waals surface area (Å²) in [6.45, 7) is 8.19. The minimum Gasteiger partial charge on any atom is -0.463 e. The molecule has 108 valence electrons. The van der Waals surface area contributed by atoms with Crippen molar-refractivity contribution in [2.24, 2.45) is 5.92 Å². The zero-order valence-corrected chi connectivity index (χ0v) is 12.1. The van der Waals surface area contributed by atoms with Gasteiger partial charge in [0.1, 0.15) is 5.76 Å². The lowest BCUT2D eigenvalue weighted by molar-refractivity contribution is 0.0562. The molecule has 1 rings (SSSR count). The van der Waals surface area contributed by atoms with Gasteiger partial charge >= 0.3 is 5.97 Å². The van der Waals surface area contributed by atoms with Crippen molar-refractivity contribution < 1.29 is 18.7 Å². The third-order valence-electron chi connectivity index (χ3n) is 2.89. The number of hydrogen-bond donors (Lipinski definition) is 1. The highest BCUT2D eigenvalue weighted by Gasteiger charge is 2.15. The van der Waals surface area contributed by atoms with Crippen LogP contribution in [0, 0.1) is 5.92 Å². The highest BCUT2D eigenvalue weighted by Crippen LogP contribution is 2.10. The molecule has 0 saturated carbocycles. The minimum atomic E-state index is -0.457. The maximum Gasteiger partial charge on any atom is 0.373 e. The molecule has 0 amide bonds. The van der Waals surface area contributed by atoms with Crippen LogP contribution < -0.4 is 5.32 Å². The number of nitrogens with one attached hydrogen (secondary N) is 1. The maximum absolute atomic E-state index is 11.3. The topological polar surface area (TPSA) is 60.7 Å². The number of rotatable bonds is 8. The quantitative estimate of drug-likeness (QED) is 0.733. The van der Waals surface area contributed by atoms with Crippen molar-refractivity contribution in [3.8, 4) is 0 Å². The van der Waals surface area contributed by atoms with Crippen LogP contribution in [-0.2, 0) is 16.0 Å². The number of ether oxygens (including phenoxy) is 2. The number of hydrogen-bond acceptors (Lipinski definition) is 5. The summed E-state index contributed by atoms with van der Waals surface area (Å²) in [5.74, 6) is 0.940. The van der Waals surface area contributed by atoms with Gasteiger partial charge in [-0.1, -0.05) is 13.8 Å². The molecule has 0 bridgehead atoms. The second kappa shape index (κ2) is 7.96. The van der Waals surface area contributed by atoms with Crippen LogP contribution in [0.15, 0.2) is 16.5 Å². The van der Waals surface area contributed by atoms with Crippen LogP contribution >= 0.6 is 0 Å². The summed E-state index contributed by atoms with van der Waals surface area (Å²) in [7, 11) is 1.33. The normalized spacial score (nSPS) is 12.7. The molecule has 0 aliphatic carbocycles. The van der Waals surface area contributed by atoms with Crippen LogP contribution in [0.1, 0.15) is 37.1 Å². The van der Waals surface area contributed by atoms with Crippen LogP contribution in [0.25, 0.3) is 0 Å². The van der Waals surface area contributed by atoms with Gasteiger partial charge in [0, 0.05) is 12.6 Å². The van der Waals surface area contributed by atoms with Crippen molar-refractivity contribution in [2.45, 2.75) is 33.4 Å². The average molecular weight is 269 g/mol. The molecule has 0 spiro atoms. The molecule has 19 heavy (non-hydrogen) atoms. The summed E-state index contributed by atoms with van der Waals surface area (Å²) in [4.78, 5) is 11.3.